The number of aromatic nitrogens is 1. The lowest BCUT2D eigenvalue weighted by atomic mass is 10.3. The summed E-state index contributed by atoms with van der Waals surface area (Å²) in [5, 5.41) is 1.56. The predicted molar refractivity (Wildman–Crippen MR) is 77.1 cm³/mol. The molecule has 4 heteroatoms. The third kappa shape index (κ3) is 3.62. The molecule has 16 heavy (non-hydrogen) atoms. The molecule has 2 aromatic heterocycles. The van der Waals surface area contributed by atoms with Crippen molar-refractivity contribution in [2.24, 2.45) is 0 Å². The number of aryl methyl sites for hydroxylation is 1. The fourth-order valence-corrected chi connectivity index (χ4v) is 2.50. The van der Waals surface area contributed by atoms with Gasteiger partial charge in [0, 0.05) is 11.1 Å². The third-order valence-corrected chi connectivity index (χ3v) is 3.50. The van der Waals surface area contributed by atoms with Crippen LogP contribution in [-0.4, -0.2) is 4.98 Å². The van der Waals surface area contributed by atoms with E-state index in [4.69, 9.17) is 23.2 Å². The lowest BCUT2D eigenvalue weighted by Gasteiger charge is -1.90. The largest absolute Gasteiger partial charge is 0.242 e. The fraction of sp³-hybridized carbons (Fsp3) is 0.417. The molecule has 0 N–H and O–H groups in total. The topological polar surface area (TPSA) is 12.9 Å². The van der Waals surface area contributed by atoms with E-state index in [2.05, 4.69) is 4.98 Å². The Morgan fingerprint density at radius 1 is 1.06 bits per heavy atom. The molecular weight excluding hydrogens is 261 g/mol. The molecule has 0 aliphatic rings. The van der Waals surface area contributed by atoms with Crippen LogP contribution in [0.25, 0.3) is 10.2 Å². The van der Waals surface area contributed by atoms with Crippen molar-refractivity contribution in [3.63, 3.8) is 0 Å². The minimum atomic E-state index is 0.615. The van der Waals surface area contributed by atoms with E-state index < -0.39 is 0 Å². The average molecular weight is 278 g/mol. The summed E-state index contributed by atoms with van der Waals surface area (Å²) in [6, 6.07) is 3.87. The maximum absolute atomic E-state index is 5.93. The van der Waals surface area contributed by atoms with Crippen LogP contribution in [0.2, 0.25) is 9.36 Å². The van der Waals surface area contributed by atoms with Gasteiger partial charge in [-0.25, -0.2) is 4.98 Å². The number of hydrogen-bond donors (Lipinski definition) is 0. The van der Waals surface area contributed by atoms with Crippen LogP contribution in [0.4, 0.5) is 0 Å². The molecular formula is C12H17Cl2NS. The molecule has 0 amide bonds. The van der Waals surface area contributed by atoms with Gasteiger partial charge in [0.05, 0.1) is 5.02 Å². The van der Waals surface area contributed by atoms with Crippen LogP contribution < -0.4 is 0 Å². The number of halogens is 2. The molecule has 2 heterocycles. The van der Waals surface area contributed by atoms with Gasteiger partial charge in [0.25, 0.3) is 0 Å². The molecule has 90 valence electrons. The van der Waals surface area contributed by atoms with Crippen molar-refractivity contribution >= 4 is 44.8 Å². The zero-order valence-corrected chi connectivity index (χ0v) is 12.6. The summed E-state index contributed by atoms with van der Waals surface area (Å²) in [5.74, 6) is 0. The van der Waals surface area contributed by atoms with E-state index in [1.165, 1.54) is 11.3 Å². The molecule has 0 aliphatic heterocycles. The number of nitrogens with zero attached hydrogens (tertiary/aromatic N) is 1. The van der Waals surface area contributed by atoms with E-state index in [-0.39, 0.29) is 0 Å². The Labute approximate surface area is 111 Å². The van der Waals surface area contributed by atoms with Gasteiger partial charge in [0.2, 0.25) is 0 Å². The van der Waals surface area contributed by atoms with Crippen LogP contribution in [0.1, 0.15) is 33.4 Å². The maximum Gasteiger partial charge on any atom is 0.126 e. The molecule has 0 aliphatic carbocycles. The van der Waals surface area contributed by atoms with Crippen molar-refractivity contribution in [3.8, 4) is 0 Å². The lowest BCUT2D eigenvalue weighted by Crippen LogP contribution is -1.76. The van der Waals surface area contributed by atoms with Crippen molar-refractivity contribution in [1.29, 1.82) is 0 Å². The summed E-state index contributed by atoms with van der Waals surface area (Å²) in [6.45, 7) is 9.95. The van der Waals surface area contributed by atoms with Gasteiger partial charge in [-0.05, 0) is 19.1 Å². The second-order valence-electron chi connectivity index (χ2n) is 2.50. The van der Waals surface area contributed by atoms with Crippen LogP contribution in [-0.2, 0) is 0 Å². The minimum absolute atomic E-state index is 0.615. The number of pyridine rings is 1. The van der Waals surface area contributed by atoms with Crippen molar-refractivity contribution in [2.75, 3.05) is 0 Å². The second kappa shape index (κ2) is 7.88. The van der Waals surface area contributed by atoms with Crippen LogP contribution in [0.3, 0.4) is 0 Å². The molecule has 0 unspecified atom stereocenters. The molecule has 0 saturated heterocycles. The van der Waals surface area contributed by atoms with E-state index >= 15 is 0 Å². The molecule has 1 nitrogen and oxygen atoms in total. The van der Waals surface area contributed by atoms with Gasteiger partial charge in [-0.2, -0.15) is 0 Å². The molecule has 2 rings (SSSR count). The summed E-state index contributed by atoms with van der Waals surface area (Å²) >= 11 is 13.2. The second-order valence-corrected chi connectivity index (χ2v) is 4.47. The Morgan fingerprint density at radius 3 is 2.19 bits per heavy atom. The Kier molecular flexibility index (Phi) is 7.73. The molecule has 0 aromatic carbocycles. The fourth-order valence-electron chi connectivity index (χ4n) is 1.01. The first-order valence-corrected chi connectivity index (χ1v) is 6.97. The quantitative estimate of drug-likeness (QED) is 0.579. The monoisotopic (exact) mass is 277 g/mol. The first-order valence-electron chi connectivity index (χ1n) is 5.39. The van der Waals surface area contributed by atoms with E-state index in [0.717, 1.165) is 15.9 Å². The predicted octanol–water partition coefficient (Wildman–Crippen LogP) is 5.96. The smallest absolute Gasteiger partial charge is 0.126 e. The summed E-state index contributed by atoms with van der Waals surface area (Å²) in [5.41, 5.74) is 0.983. The Bertz CT molecular complexity index is 438. The minimum Gasteiger partial charge on any atom is -0.242 e. The number of rotatable bonds is 0. The zero-order chi connectivity index (χ0) is 12.7. The highest BCUT2D eigenvalue weighted by atomic mass is 35.5. The molecule has 0 atom stereocenters. The molecule has 0 radical (unpaired) electrons. The van der Waals surface area contributed by atoms with Crippen molar-refractivity contribution in [3.05, 3.63) is 27.2 Å². The number of thiophene rings is 1. The summed E-state index contributed by atoms with van der Waals surface area (Å²) in [4.78, 5) is 5.21. The van der Waals surface area contributed by atoms with Crippen molar-refractivity contribution < 1.29 is 0 Å². The standard InChI is InChI=1S/C8H5Cl2NS.2C2H6/c1-4-2-3-5-6(9)7(10)12-8(5)11-4;2*1-2/h2-3H,1H3;2*1-2H3. The SMILES string of the molecule is CC.CC.Cc1ccc2c(Cl)c(Cl)sc2n1. The van der Waals surface area contributed by atoms with Gasteiger partial charge in [0.1, 0.15) is 9.17 Å². The summed E-state index contributed by atoms with van der Waals surface area (Å²) in [6.07, 6.45) is 0. The average Bonchev–Trinajstić information content (AvgIpc) is 2.60. The number of fused-ring (bicyclic) bond motifs is 1. The van der Waals surface area contributed by atoms with Gasteiger partial charge in [-0.3, -0.25) is 0 Å². The van der Waals surface area contributed by atoms with Crippen molar-refractivity contribution in [2.45, 2.75) is 34.6 Å². The van der Waals surface area contributed by atoms with E-state index in [1.807, 2.05) is 46.8 Å². The molecule has 0 fully saturated rings. The first kappa shape index (κ1) is 15.7. The van der Waals surface area contributed by atoms with Crippen LogP contribution in [0, 0.1) is 6.92 Å². The molecule has 0 saturated carbocycles. The van der Waals surface area contributed by atoms with Crippen LogP contribution in [0.5, 0.6) is 0 Å². The highest BCUT2D eigenvalue weighted by Crippen LogP contribution is 2.37. The molecule has 0 spiro atoms. The van der Waals surface area contributed by atoms with Gasteiger partial charge in [0.15, 0.2) is 0 Å². The van der Waals surface area contributed by atoms with E-state index in [0.29, 0.717) is 9.36 Å². The highest BCUT2D eigenvalue weighted by Gasteiger charge is 2.08. The van der Waals surface area contributed by atoms with Crippen molar-refractivity contribution in [1.82, 2.24) is 4.98 Å². The normalized spacial score (nSPS) is 8.94. The van der Waals surface area contributed by atoms with Gasteiger partial charge in [-0.1, -0.05) is 50.9 Å². The Morgan fingerprint density at radius 2 is 1.62 bits per heavy atom. The molecule has 2 aromatic rings. The summed E-state index contributed by atoms with van der Waals surface area (Å²) < 4.78 is 0.616. The lowest BCUT2D eigenvalue weighted by molar-refractivity contribution is 1.27. The van der Waals surface area contributed by atoms with E-state index in [1.54, 1.807) is 0 Å². The van der Waals surface area contributed by atoms with E-state index in [9.17, 15) is 0 Å². The van der Waals surface area contributed by atoms with Gasteiger partial charge >= 0.3 is 0 Å². The van der Waals surface area contributed by atoms with Crippen LogP contribution in [0.15, 0.2) is 12.1 Å². The Hall–Kier alpha value is -0.310. The van der Waals surface area contributed by atoms with Gasteiger partial charge < -0.3 is 0 Å². The highest BCUT2D eigenvalue weighted by molar-refractivity contribution is 7.23. The zero-order valence-electron chi connectivity index (χ0n) is 10.3. The first-order chi connectivity index (χ1) is 7.68. The van der Waals surface area contributed by atoms with Crippen LogP contribution >= 0.6 is 34.5 Å². The third-order valence-electron chi connectivity index (χ3n) is 1.59. The maximum atomic E-state index is 5.93. The summed E-state index contributed by atoms with van der Waals surface area (Å²) in [7, 11) is 0. The van der Waals surface area contributed by atoms with Gasteiger partial charge in [-0.15, -0.1) is 11.3 Å². The Balaban J connectivity index is 0.000000509. The number of hydrogen-bond acceptors (Lipinski definition) is 2. The molecule has 0 bridgehead atoms.